The highest BCUT2D eigenvalue weighted by molar-refractivity contribution is 5.95. The monoisotopic (exact) mass is 228 g/mol. The molecule has 1 aromatic carbocycles. The van der Waals surface area contributed by atoms with Crippen LogP contribution >= 0.6 is 0 Å². The molecule has 1 aromatic rings. The number of carbonyl (C=O) groups is 1. The summed E-state index contributed by atoms with van der Waals surface area (Å²) in [6.45, 7) is 3.50. The van der Waals surface area contributed by atoms with Crippen molar-refractivity contribution in [1.29, 1.82) is 0 Å². The van der Waals surface area contributed by atoms with Gasteiger partial charge in [0.15, 0.2) is 0 Å². The Morgan fingerprint density at radius 2 is 1.81 bits per heavy atom. The van der Waals surface area contributed by atoms with Crippen molar-refractivity contribution >= 4 is 11.6 Å². The second-order valence-corrected chi connectivity index (χ2v) is 3.86. The summed E-state index contributed by atoms with van der Waals surface area (Å²) >= 11 is 0. The largest absolute Gasteiger partial charge is 0.320 e. The maximum Gasteiger partial charge on any atom is 0.241 e. The number of nitrogens with one attached hydrogen (secondary N) is 1. The van der Waals surface area contributed by atoms with E-state index >= 15 is 0 Å². The topological polar surface area (TPSA) is 55.1 Å². The number of nitrogens with two attached hydrogens (primary N) is 1. The molecule has 0 saturated carbocycles. The Labute approximate surface area is 92.6 Å². The van der Waals surface area contributed by atoms with Crippen LogP contribution in [0.2, 0.25) is 0 Å². The number of amides is 1. The number of benzene rings is 1. The molecule has 0 aliphatic rings. The number of hydrogen-bond donors (Lipinski definition) is 2. The Morgan fingerprint density at radius 1 is 1.31 bits per heavy atom. The highest BCUT2D eigenvalue weighted by Gasteiger charge is 2.19. The van der Waals surface area contributed by atoms with Gasteiger partial charge in [-0.15, -0.1) is 0 Å². The van der Waals surface area contributed by atoms with E-state index in [-0.39, 0.29) is 5.92 Å². The average molecular weight is 228 g/mol. The molecule has 0 bridgehead atoms. The van der Waals surface area contributed by atoms with Gasteiger partial charge in [0.2, 0.25) is 5.91 Å². The van der Waals surface area contributed by atoms with E-state index in [1.165, 1.54) is 6.07 Å². The van der Waals surface area contributed by atoms with Gasteiger partial charge >= 0.3 is 0 Å². The Hall–Kier alpha value is -1.49. The van der Waals surface area contributed by atoms with E-state index in [2.05, 4.69) is 5.32 Å². The van der Waals surface area contributed by atoms with Crippen molar-refractivity contribution in [3.05, 3.63) is 29.8 Å². The van der Waals surface area contributed by atoms with E-state index in [0.717, 1.165) is 12.1 Å². The quantitative estimate of drug-likeness (QED) is 0.830. The van der Waals surface area contributed by atoms with Crippen LogP contribution in [-0.2, 0) is 4.79 Å². The van der Waals surface area contributed by atoms with Gasteiger partial charge in [0.05, 0.1) is 6.04 Å². The molecule has 0 fully saturated rings. The number of rotatable bonds is 3. The molecule has 88 valence electrons. The van der Waals surface area contributed by atoms with Crippen molar-refractivity contribution in [2.45, 2.75) is 19.9 Å². The first-order chi connectivity index (χ1) is 7.43. The Kier molecular flexibility index (Phi) is 3.95. The van der Waals surface area contributed by atoms with Crippen LogP contribution in [0.15, 0.2) is 18.2 Å². The fourth-order valence-corrected chi connectivity index (χ4v) is 1.13. The molecule has 0 saturated heterocycles. The lowest BCUT2D eigenvalue weighted by molar-refractivity contribution is -0.118. The summed E-state index contributed by atoms with van der Waals surface area (Å²) in [5.41, 5.74) is 5.10. The maximum absolute atomic E-state index is 13.2. The molecule has 0 aromatic heterocycles. The van der Waals surface area contributed by atoms with E-state index in [9.17, 15) is 13.6 Å². The number of anilines is 1. The lowest BCUT2D eigenvalue weighted by atomic mass is 10.0. The third kappa shape index (κ3) is 2.76. The molecule has 0 unspecified atom stereocenters. The molecule has 0 aliphatic heterocycles. The van der Waals surface area contributed by atoms with Gasteiger partial charge < -0.3 is 11.1 Å². The van der Waals surface area contributed by atoms with Gasteiger partial charge in [-0.25, -0.2) is 8.78 Å². The Morgan fingerprint density at radius 3 is 2.25 bits per heavy atom. The van der Waals surface area contributed by atoms with Crippen molar-refractivity contribution < 1.29 is 13.6 Å². The van der Waals surface area contributed by atoms with Gasteiger partial charge in [-0.3, -0.25) is 4.79 Å². The van der Waals surface area contributed by atoms with Gasteiger partial charge in [-0.05, 0) is 18.1 Å². The molecule has 3 N–H and O–H groups in total. The van der Waals surface area contributed by atoms with Crippen molar-refractivity contribution in [1.82, 2.24) is 0 Å². The second kappa shape index (κ2) is 5.03. The van der Waals surface area contributed by atoms with Gasteiger partial charge in [-0.1, -0.05) is 19.9 Å². The molecule has 1 atom stereocenters. The van der Waals surface area contributed by atoms with E-state index in [0.29, 0.717) is 0 Å². The van der Waals surface area contributed by atoms with Crippen LogP contribution in [0.4, 0.5) is 14.5 Å². The van der Waals surface area contributed by atoms with Crippen LogP contribution in [-0.4, -0.2) is 11.9 Å². The average Bonchev–Trinajstić information content (AvgIpc) is 2.22. The molecule has 5 heteroatoms. The smallest absolute Gasteiger partial charge is 0.241 e. The third-order valence-corrected chi connectivity index (χ3v) is 2.23. The second-order valence-electron chi connectivity index (χ2n) is 3.86. The highest BCUT2D eigenvalue weighted by atomic mass is 19.1. The number of carbonyl (C=O) groups excluding carboxylic acids is 1. The minimum Gasteiger partial charge on any atom is -0.320 e. The molecule has 0 heterocycles. The first-order valence-corrected chi connectivity index (χ1v) is 4.94. The molecule has 1 amide bonds. The lowest BCUT2D eigenvalue weighted by Crippen LogP contribution is -2.40. The van der Waals surface area contributed by atoms with Crippen molar-refractivity contribution in [2.24, 2.45) is 11.7 Å². The van der Waals surface area contributed by atoms with Crippen LogP contribution in [0, 0.1) is 17.6 Å². The minimum atomic E-state index is -0.815. The van der Waals surface area contributed by atoms with Gasteiger partial charge in [0.1, 0.15) is 17.3 Å². The first-order valence-electron chi connectivity index (χ1n) is 4.94. The highest BCUT2D eigenvalue weighted by Crippen LogP contribution is 2.18. The Balaban J connectivity index is 2.85. The van der Waals surface area contributed by atoms with E-state index in [1.807, 2.05) is 0 Å². The molecule has 1 rings (SSSR count). The van der Waals surface area contributed by atoms with Crippen molar-refractivity contribution in [3.63, 3.8) is 0 Å². The van der Waals surface area contributed by atoms with Crippen LogP contribution in [0.25, 0.3) is 0 Å². The van der Waals surface area contributed by atoms with E-state index in [4.69, 9.17) is 5.73 Å². The number of halogens is 2. The molecule has 0 aliphatic carbocycles. The first kappa shape index (κ1) is 12.6. The molecule has 3 nitrogen and oxygen atoms in total. The normalized spacial score (nSPS) is 12.6. The molecule has 0 spiro atoms. The van der Waals surface area contributed by atoms with Gasteiger partial charge in [-0.2, -0.15) is 0 Å². The van der Waals surface area contributed by atoms with Crippen LogP contribution in [0.3, 0.4) is 0 Å². The summed E-state index contributed by atoms with van der Waals surface area (Å²) in [5.74, 6) is -2.33. The van der Waals surface area contributed by atoms with Crippen LogP contribution in [0.5, 0.6) is 0 Å². The zero-order valence-electron chi connectivity index (χ0n) is 9.13. The minimum absolute atomic E-state index is 0.102. The van der Waals surface area contributed by atoms with Crippen LogP contribution < -0.4 is 11.1 Å². The van der Waals surface area contributed by atoms with Gasteiger partial charge in [0, 0.05) is 0 Å². The fraction of sp³-hybridized carbons (Fsp3) is 0.364. The Bertz CT molecular complexity index is 373. The number of para-hydroxylation sites is 1. The predicted octanol–water partition coefficient (Wildman–Crippen LogP) is 1.89. The summed E-state index contributed by atoms with van der Waals surface area (Å²) in [6, 6.07) is 2.57. The maximum atomic E-state index is 13.2. The molecular formula is C11H14F2N2O. The number of hydrogen-bond acceptors (Lipinski definition) is 2. The van der Waals surface area contributed by atoms with Crippen molar-refractivity contribution in [3.8, 4) is 0 Å². The lowest BCUT2D eigenvalue weighted by Gasteiger charge is -2.15. The summed E-state index contributed by atoms with van der Waals surface area (Å²) in [5, 5.41) is 2.15. The van der Waals surface area contributed by atoms with E-state index in [1.54, 1.807) is 13.8 Å². The van der Waals surface area contributed by atoms with Crippen LogP contribution in [0.1, 0.15) is 13.8 Å². The zero-order chi connectivity index (χ0) is 12.3. The van der Waals surface area contributed by atoms with Gasteiger partial charge in [0.25, 0.3) is 0 Å². The third-order valence-electron chi connectivity index (χ3n) is 2.23. The fourth-order valence-electron chi connectivity index (χ4n) is 1.13. The molecule has 16 heavy (non-hydrogen) atoms. The molecular weight excluding hydrogens is 214 g/mol. The summed E-state index contributed by atoms with van der Waals surface area (Å²) in [4.78, 5) is 11.5. The predicted molar refractivity (Wildman–Crippen MR) is 57.8 cm³/mol. The summed E-state index contributed by atoms with van der Waals surface area (Å²) in [6.07, 6.45) is 0. The molecule has 0 radical (unpaired) electrons. The standard InChI is InChI=1S/C11H14F2N2O/c1-6(2)9(14)11(16)15-10-7(12)4-3-5-8(10)13/h3-6,9H,14H2,1-2H3,(H,15,16)/t9-/m1/s1. The summed E-state index contributed by atoms with van der Waals surface area (Å²) in [7, 11) is 0. The SMILES string of the molecule is CC(C)[C@@H](N)C(=O)Nc1c(F)cccc1F. The van der Waals surface area contributed by atoms with E-state index < -0.39 is 29.3 Å². The van der Waals surface area contributed by atoms with Crippen molar-refractivity contribution in [2.75, 3.05) is 5.32 Å². The zero-order valence-corrected chi connectivity index (χ0v) is 9.13. The summed E-state index contributed by atoms with van der Waals surface area (Å²) < 4.78 is 26.4.